The lowest BCUT2D eigenvalue weighted by molar-refractivity contribution is -0.128. The highest BCUT2D eigenvalue weighted by Gasteiger charge is 2.27. The average molecular weight is 445 g/mol. The molecule has 2 rings (SSSR count). The van der Waals surface area contributed by atoms with Gasteiger partial charge in [-0.1, -0.05) is 6.42 Å². The first-order valence-electron chi connectivity index (χ1n) is 9.37. The van der Waals surface area contributed by atoms with E-state index in [9.17, 15) is 14.7 Å². The Balaban J connectivity index is 1.67. The number of thiophene rings is 1. The van der Waals surface area contributed by atoms with Gasteiger partial charge in [-0.25, -0.2) is 0 Å². The van der Waals surface area contributed by atoms with E-state index in [1.165, 1.54) is 4.88 Å². The summed E-state index contributed by atoms with van der Waals surface area (Å²) in [5, 5.41) is 15.7. The Morgan fingerprint density at radius 3 is 2.65 bits per heavy atom. The van der Waals surface area contributed by atoms with E-state index in [0.29, 0.717) is 12.8 Å². The smallest absolute Gasteiger partial charge is 0.223 e. The third-order valence-corrected chi connectivity index (χ3v) is 6.67. The highest BCUT2D eigenvalue weighted by molar-refractivity contribution is 9.11. The topological polar surface area (TPSA) is 78.4 Å². The Morgan fingerprint density at radius 2 is 2.00 bits per heavy atom. The maximum absolute atomic E-state index is 12.3. The fourth-order valence-electron chi connectivity index (χ4n) is 3.23. The van der Waals surface area contributed by atoms with Crippen LogP contribution in [-0.2, 0) is 16.0 Å². The summed E-state index contributed by atoms with van der Waals surface area (Å²) in [6, 6.07) is 3.84. The summed E-state index contributed by atoms with van der Waals surface area (Å²) in [5.41, 5.74) is 0. The molecule has 2 amide bonds. The minimum absolute atomic E-state index is 0.0133. The molecule has 0 aromatic carbocycles. The molecule has 7 heteroatoms. The van der Waals surface area contributed by atoms with Crippen LogP contribution < -0.4 is 10.6 Å². The summed E-state index contributed by atoms with van der Waals surface area (Å²) < 4.78 is 1.11. The van der Waals surface area contributed by atoms with E-state index in [4.69, 9.17) is 0 Å². The van der Waals surface area contributed by atoms with E-state index < -0.39 is 0 Å². The fourth-order valence-corrected chi connectivity index (χ4v) is 4.75. The van der Waals surface area contributed by atoms with Crippen LogP contribution in [0.2, 0.25) is 0 Å². The second-order valence-corrected chi connectivity index (χ2v) is 9.78. The van der Waals surface area contributed by atoms with Crippen LogP contribution in [0.3, 0.4) is 0 Å². The first kappa shape index (κ1) is 21.4. The van der Waals surface area contributed by atoms with Gasteiger partial charge >= 0.3 is 0 Å². The van der Waals surface area contributed by atoms with Crippen LogP contribution in [-0.4, -0.2) is 35.1 Å². The van der Waals surface area contributed by atoms with Crippen molar-refractivity contribution >= 4 is 39.1 Å². The molecule has 1 aliphatic carbocycles. The first-order valence-corrected chi connectivity index (χ1v) is 11.0. The fraction of sp³-hybridized carbons (Fsp3) is 0.684. The Labute approximate surface area is 168 Å². The van der Waals surface area contributed by atoms with Gasteiger partial charge in [0.15, 0.2) is 0 Å². The molecule has 0 saturated heterocycles. The van der Waals surface area contributed by atoms with Gasteiger partial charge in [-0.05, 0) is 74.0 Å². The van der Waals surface area contributed by atoms with Gasteiger partial charge in [0.05, 0.1) is 9.89 Å². The Morgan fingerprint density at radius 1 is 1.27 bits per heavy atom. The molecular formula is C19H29BrN2O3S. The van der Waals surface area contributed by atoms with Crippen molar-refractivity contribution in [2.24, 2.45) is 5.92 Å². The summed E-state index contributed by atoms with van der Waals surface area (Å²) in [5.74, 6) is -0.114. The number of aryl methyl sites for hydroxylation is 1. The molecule has 146 valence electrons. The number of hydrogen-bond acceptors (Lipinski definition) is 4. The monoisotopic (exact) mass is 444 g/mol. The number of aliphatic hydroxyl groups is 1. The number of carbonyl (C=O) groups is 2. The van der Waals surface area contributed by atoms with Crippen molar-refractivity contribution in [3.8, 4) is 0 Å². The van der Waals surface area contributed by atoms with Crippen LogP contribution in [0.5, 0.6) is 0 Å². The highest BCUT2D eigenvalue weighted by Crippen LogP contribution is 2.25. The molecule has 1 fully saturated rings. The molecule has 0 radical (unpaired) electrons. The van der Waals surface area contributed by atoms with Gasteiger partial charge in [-0.2, -0.15) is 0 Å². The van der Waals surface area contributed by atoms with E-state index in [-0.39, 0.29) is 35.9 Å². The van der Waals surface area contributed by atoms with Gasteiger partial charge in [-0.3, -0.25) is 9.59 Å². The SMILES string of the molecule is CC(NC(=O)CCCc1ccc(Br)s1)C(C)NC(=O)C1CCCC(O)C1. The molecule has 1 aromatic heterocycles. The predicted octanol–water partition coefficient (Wildman–Crippen LogP) is 3.39. The summed E-state index contributed by atoms with van der Waals surface area (Å²) >= 11 is 5.14. The van der Waals surface area contributed by atoms with Crippen molar-refractivity contribution in [1.82, 2.24) is 10.6 Å². The van der Waals surface area contributed by atoms with Crippen LogP contribution in [0.4, 0.5) is 0 Å². The number of amides is 2. The molecule has 0 bridgehead atoms. The van der Waals surface area contributed by atoms with Crippen molar-refractivity contribution in [2.45, 2.75) is 77.0 Å². The molecule has 26 heavy (non-hydrogen) atoms. The number of aliphatic hydroxyl groups excluding tert-OH is 1. The normalized spacial score (nSPS) is 22.5. The van der Waals surface area contributed by atoms with E-state index in [0.717, 1.165) is 35.9 Å². The van der Waals surface area contributed by atoms with Crippen LogP contribution in [0.25, 0.3) is 0 Å². The van der Waals surface area contributed by atoms with Crippen molar-refractivity contribution in [1.29, 1.82) is 0 Å². The van der Waals surface area contributed by atoms with Crippen LogP contribution in [0, 0.1) is 5.92 Å². The maximum Gasteiger partial charge on any atom is 0.223 e. The molecule has 1 aromatic rings. The number of carbonyl (C=O) groups excluding carboxylic acids is 2. The number of halogens is 1. The zero-order valence-electron chi connectivity index (χ0n) is 15.5. The lowest BCUT2D eigenvalue weighted by Crippen LogP contribution is -2.50. The zero-order chi connectivity index (χ0) is 19.1. The summed E-state index contributed by atoms with van der Waals surface area (Å²) in [4.78, 5) is 25.7. The second kappa shape index (κ2) is 10.4. The van der Waals surface area contributed by atoms with E-state index in [2.05, 4.69) is 32.6 Å². The molecule has 3 N–H and O–H groups in total. The largest absolute Gasteiger partial charge is 0.393 e. The molecule has 1 aliphatic rings. The van der Waals surface area contributed by atoms with Crippen molar-refractivity contribution in [3.05, 3.63) is 20.8 Å². The average Bonchev–Trinajstić information content (AvgIpc) is 3.00. The molecule has 5 nitrogen and oxygen atoms in total. The van der Waals surface area contributed by atoms with E-state index in [1.54, 1.807) is 11.3 Å². The summed E-state index contributed by atoms with van der Waals surface area (Å²) in [6.45, 7) is 3.82. The molecule has 0 aliphatic heterocycles. The van der Waals surface area contributed by atoms with Crippen molar-refractivity contribution < 1.29 is 14.7 Å². The third kappa shape index (κ3) is 7.00. The predicted molar refractivity (Wildman–Crippen MR) is 108 cm³/mol. The van der Waals surface area contributed by atoms with Gasteiger partial charge < -0.3 is 15.7 Å². The number of nitrogens with one attached hydrogen (secondary N) is 2. The first-order chi connectivity index (χ1) is 12.3. The molecule has 0 spiro atoms. The minimum atomic E-state index is -0.365. The molecule has 4 atom stereocenters. The molecule has 4 unspecified atom stereocenters. The third-order valence-electron chi connectivity index (χ3n) is 4.98. The number of rotatable bonds is 8. The quantitative estimate of drug-likeness (QED) is 0.574. The standard InChI is InChI=1S/C19H29BrN2O3S/c1-12(13(2)22-19(25)14-5-3-6-15(23)11-14)21-18(24)8-4-7-16-9-10-17(20)26-16/h9-10,12-15,23H,3-8,11H2,1-2H3,(H,21,24)(H,22,25). The molecule has 1 saturated carbocycles. The Kier molecular flexibility index (Phi) is 8.57. The van der Waals surface area contributed by atoms with Crippen molar-refractivity contribution in [3.63, 3.8) is 0 Å². The van der Waals surface area contributed by atoms with Crippen molar-refractivity contribution in [2.75, 3.05) is 0 Å². The van der Waals surface area contributed by atoms with Gasteiger partial charge in [0.1, 0.15) is 0 Å². The van der Waals surface area contributed by atoms with Crippen LogP contribution in [0.15, 0.2) is 15.9 Å². The molecular weight excluding hydrogens is 416 g/mol. The number of hydrogen-bond donors (Lipinski definition) is 3. The van der Waals surface area contributed by atoms with Gasteiger partial charge in [0, 0.05) is 29.3 Å². The zero-order valence-corrected chi connectivity index (χ0v) is 17.9. The Bertz CT molecular complexity index is 607. The lowest BCUT2D eigenvalue weighted by atomic mass is 9.86. The van der Waals surface area contributed by atoms with E-state index >= 15 is 0 Å². The van der Waals surface area contributed by atoms with E-state index in [1.807, 2.05) is 19.9 Å². The summed E-state index contributed by atoms with van der Waals surface area (Å²) in [7, 11) is 0. The Hall–Kier alpha value is -0.920. The second-order valence-electron chi connectivity index (χ2n) is 7.23. The van der Waals surface area contributed by atoms with Gasteiger partial charge in [0.25, 0.3) is 0 Å². The van der Waals surface area contributed by atoms with Gasteiger partial charge in [0.2, 0.25) is 11.8 Å². The highest BCUT2D eigenvalue weighted by atomic mass is 79.9. The minimum Gasteiger partial charge on any atom is -0.393 e. The summed E-state index contributed by atoms with van der Waals surface area (Å²) in [6.07, 6.45) is 4.87. The molecule has 1 heterocycles. The lowest BCUT2D eigenvalue weighted by Gasteiger charge is -2.28. The van der Waals surface area contributed by atoms with Gasteiger partial charge in [-0.15, -0.1) is 11.3 Å². The van der Waals surface area contributed by atoms with Crippen LogP contribution in [0.1, 0.15) is 57.2 Å². The van der Waals surface area contributed by atoms with Crippen LogP contribution >= 0.6 is 27.3 Å². The maximum atomic E-state index is 12.3.